The molecule has 6 nitrogen and oxygen atoms in total. The number of ether oxygens (including phenoxy) is 1. The number of amides is 1. The smallest absolute Gasteiger partial charge is 0.338 e. The van der Waals surface area contributed by atoms with Gasteiger partial charge in [0.2, 0.25) is 0 Å². The molecule has 1 amide bonds. The number of aliphatic imine (C=N–C) groups is 1. The molecule has 0 bridgehead atoms. The molecule has 7 heteroatoms. The van der Waals surface area contributed by atoms with Gasteiger partial charge in [-0.05, 0) is 31.2 Å². The van der Waals surface area contributed by atoms with Crippen LogP contribution in [-0.4, -0.2) is 48.0 Å². The maximum Gasteiger partial charge on any atom is 0.338 e. The summed E-state index contributed by atoms with van der Waals surface area (Å²) < 4.78 is 5.02. The Kier molecular flexibility index (Phi) is 4.91. The van der Waals surface area contributed by atoms with E-state index in [1.54, 1.807) is 25.9 Å². The molecule has 0 fully saturated rings. The first-order chi connectivity index (χ1) is 12.4. The zero-order chi connectivity index (χ0) is 19.0. The fraction of sp³-hybridized carbons (Fsp3) is 0.316. The fourth-order valence-corrected chi connectivity index (χ4v) is 4.32. The highest BCUT2D eigenvalue weighted by atomic mass is 32.2. The van der Waals surface area contributed by atoms with Gasteiger partial charge in [-0.2, -0.15) is 0 Å². The van der Waals surface area contributed by atoms with Crippen LogP contribution in [0.1, 0.15) is 25.5 Å². The topological polar surface area (TPSA) is 62.2 Å². The maximum absolute atomic E-state index is 12.6. The van der Waals surface area contributed by atoms with Crippen LogP contribution in [0, 0.1) is 0 Å². The standard InChI is InChI=1S/C19H21N3O3S/c1-11-14(18(24)25-5)15(13-9-7-6-8-10-13)22-12(2)16(17(23)21(3)4)26-19(22)20-11/h6-10,15H,1-5H3/t15-/m0/s1. The molecule has 0 radical (unpaired) electrons. The highest BCUT2D eigenvalue weighted by Gasteiger charge is 2.43. The monoisotopic (exact) mass is 371 g/mol. The van der Waals surface area contributed by atoms with E-state index in [0.29, 0.717) is 21.3 Å². The van der Waals surface area contributed by atoms with Crippen LogP contribution in [0.3, 0.4) is 0 Å². The van der Waals surface area contributed by atoms with Crippen molar-refractivity contribution in [2.24, 2.45) is 4.99 Å². The summed E-state index contributed by atoms with van der Waals surface area (Å²) in [6.07, 6.45) is 0. The molecule has 2 aliphatic heterocycles. The van der Waals surface area contributed by atoms with Crippen molar-refractivity contribution < 1.29 is 14.3 Å². The Morgan fingerprint density at radius 2 is 1.85 bits per heavy atom. The van der Waals surface area contributed by atoms with Crippen LogP contribution >= 0.6 is 11.8 Å². The Morgan fingerprint density at radius 1 is 1.19 bits per heavy atom. The van der Waals surface area contributed by atoms with Crippen molar-refractivity contribution in [3.63, 3.8) is 0 Å². The minimum absolute atomic E-state index is 0.0753. The SMILES string of the molecule is COC(=O)C1=C(C)N=C2SC(C(=O)N(C)C)=C(C)N2[C@H]1c1ccccc1. The number of hydrogen-bond donors (Lipinski definition) is 0. The maximum atomic E-state index is 12.6. The van der Waals surface area contributed by atoms with Crippen LogP contribution in [-0.2, 0) is 14.3 Å². The number of likely N-dealkylation sites (N-methyl/N-ethyl adjacent to an activating group) is 1. The molecule has 0 aromatic heterocycles. The van der Waals surface area contributed by atoms with Gasteiger partial charge in [-0.25, -0.2) is 9.79 Å². The molecule has 0 spiro atoms. The summed E-state index contributed by atoms with van der Waals surface area (Å²) in [5.74, 6) is -0.488. The van der Waals surface area contributed by atoms with Crippen molar-refractivity contribution >= 4 is 28.8 Å². The number of amidine groups is 1. The van der Waals surface area contributed by atoms with Gasteiger partial charge >= 0.3 is 5.97 Å². The van der Waals surface area contributed by atoms with Gasteiger partial charge in [-0.3, -0.25) is 4.79 Å². The molecule has 2 aliphatic rings. The number of carbonyl (C=O) groups is 2. The highest BCUT2D eigenvalue weighted by Crippen LogP contribution is 2.47. The number of carbonyl (C=O) groups excluding carboxylic acids is 2. The summed E-state index contributed by atoms with van der Waals surface area (Å²) in [7, 11) is 4.81. The van der Waals surface area contributed by atoms with E-state index in [0.717, 1.165) is 11.3 Å². The van der Waals surface area contributed by atoms with E-state index in [2.05, 4.69) is 4.99 Å². The average Bonchev–Trinajstić information content (AvgIpc) is 2.96. The first-order valence-corrected chi connectivity index (χ1v) is 9.00. The number of hydrogen-bond acceptors (Lipinski definition) is 6. The molecule has 1 aromatic carbocycles. The Labute approximate surface area is 157 Å². The molecule has 1 aromatic rings. The number of rotatable bonds is 3. The molecular weight excluding hydrogens is 350 g/mol. The van der Waals surface area contributed by atoms with Crippen molar-refractivity contribution in [2.45, 2.75) is 19.9 Å². The van der Waals surface area contributed by atoms with E-state index in [4.69, 9.17) is 4.74 Å². The molecule has 0 aliphatic carbocycles. The number of fused-ring (bicyclic) bond motifs is 1. The van der Waals surface area contributed by atoms with Gasteiger partial charge < -0.3 is 14.5 Å². The van der Waals surface area contributed by atoms with Crippen LogP contribution < -0.4 is 0 Å². The largest absolute Gasteiger partial charge is 0.466 e. The summed E-state index contributed by atoms with van der Waals surface area (Å²) >= 11 is 1.34. The molecule has 2 heterocycles. The van der Waals surface area contributed by atoms with E-state index < -0.39 is 5.97 Å². The lowest BCUT2D eigenvalue weighted by Gasteiger charge is -2.35. The first kappa shape index (κ1) is 18.3. The van der Waals surface area contributed by atoms with Crippen molar-refractivity contribution in [3.05, 3.63) is 57.8 Å². The lowest BCUT2D eigenvalue weighted by Crippen LogP contribution is -2.36. The molecule has 1 atom stereocenters. The van der Waals surface area contributed by atoms with Gasteiger partial charge in [-0.1, -0.05) is 30.3 Å². The number of nitrogens with zero attached hydrogens (tertiary/aromatic N) is 3. The van der Waals surface area contributed by atoms with E-state index >= 15 is 0 Å². The number of esters is 1. The number of methoxy groups -OCH3 is 1. The minimum atomic E-state index is -0.413. The second kappa shape index (κ2) is 6.99. The Morgan fingerprint density at radius 3 is 2.42 bits per heavy atom. The van der Waals surface area contributed by atoms with Crippen molar-refractivity contribution in [3.8, 4) is 0 Å². The molecule has 26 heavy (non-hydrogen) atoms. The third kappa shape index (κ3) is 2.92. The van der Waals surface area contributed by atoms with Crippen molar-refractivity contribution in [2.75, 3.05) is 21.2 Å². The summed E-state index contributed by atoms with van der Waals surface area (Å²) in [5, 5.41) is 0.701. The molecular formula is C19H21N3O3S. The van der Waals surface area contributed by atoms with Crippen LogP contribution in [0.2, 0.25) is 0 Å². The van der Waals surface area contributed by atoms with Gasteiger partial charge in [0.1, 0.15) is 0 Å². The molecule has 136 valence electrons. The molecule has 0 saturated heterocycles. The van der Waals surface area contributed by atoms with Crippen LogP contribution in [0.15, 0.2) is 57.2 Å². The van der Waals surface area contributed by atoms with E-state index in [1.807, 2.05) is 42.2 Å². The van der Waals surface area contributed by atoms with Gasteiger partial charge in [0.15, 0.2) is 5.17 Å². The van der Waals surface area contributed by atoms with Crippen LogP contribution in [0.25, 0.3) is 0 Å². The lowest BCUT2D eigenvalue weighted by molar-refractivity contribution is -0.136. The lowest BCUT2D eigenvalue weighted by atomic mass is 9.94. The van der Waals surface area contributed by atoms with Crippen molar-refractivity contribution in [1.29, 1.82) is 0 Å². The Balaban J connectivity index is 2.17. The zero-order valence-electron chi connectivity index (χ0n) is 15.4. The molecule has 0 unspecified atom stereocenters. The zero-order valence-corrected chi connectivity index (χ0v) is 16.3. The number of benzene rings is 1. The van der Waals surface area contributed by atoms with E-state index in [1.165, 1.54) is 18.9 Å². The predicted octanol–water partition coefficient (Wildman–Crippen LogP) is 2.91. The van der Waals surface area contributed by atoms with Gasteiger partial charge in [-0.15, -0.1) is 0 Å². The number of thioether (sulfide) groups is 1. The van der Waals surface area contributed by atoms with Crippen LogP contribution in [0.4, 0.5) is 0 Å². The Hall–Kier alpha value is -2.54. The second-order valence-corrected chi connectivity index (χ2v) is 7.26. The predicted molar refractivity (Wildman–Crippen MR) is 102 cm³/mol. The molecule has 0 N–H and O–H groups in total. The van der Waals surface area contributed by atoms with Gasteiger partial charge in [0, 0.05) is 19.8 Å². The minimum Gasteiger partial charge on any atom is -0.466 e. The summed E-state index contributed by atoms with van der Waals surface area (Å²) in [6, 6.07) is 9.34. The van der Waals surface area contributed by atoms with E-state index in [9.17, 15) is 9.59 Å². The summed E-state index contributed by atoms with van der Waals surface area (Å²) in [4.78, 5) is 33.8. The van der Waals surface area contributed by atoms with Gasteiger partial charge in [0.25, 0.3) is 5.91 Å². The average molecular weight is 371 g/mol. The summed E-state index contributed by atoms with van der Waals surface area (Å²) in [5.41, 5.74) is 2.82. The van der Waals surface area contributed by atoms with Gasteiger partial charge in [0.05, 0.1) is 29.3 Å². The summed E-state index contributed by atoms with van der Waals surface area (Å²) in [6.45, 7) is 3.69. The van der Waals surface area contributed by atoms with Crippen LogP contribution in [0.5, 0.6) is 0 Å². The first-order valence-electron chi connectivity index (χ1n) is 8.19. The normalized spacial score (nSPS) is 19.3. The van der Waals surface area contributed by atoms with Crippen molar-refractivity contribution in [1.82, 2.24) is 9.80 Å². The Bertz CT molecular complexity index is 856. The van der Waals surface area contributed by atoms with E-state index in [-0.39, 0.29) is 11.9 Å². The third-order valence-corrected chi connectivity index (χ3v) is 5.54. The second-order valence-electron chi connectivity index (χ2n) is 6.28. The molecule has 0 saturated carbocycles. The third-order valence-electron chi connectivity index (χ3n) is 4.40. The quantitative estimate of drug-likeness (QED) is 0.765. The molecule has 3 rings (SSSR count). The number of allylic oxidation sites excluding steroid dienone is 2. The fourth-order valence-electron chi connectivity index (χ4n) is 3.10. The highest BCUT2D eigenvalue weighted by molar-refractivity contribution is 8.18.